The Labute approximate surface area is 148 Å². The summed E-state index contributed by atoms with van der Waals surface area (Å²) < 4.78 is 38.0. The second kappa shape index (κ2) is 7.33. The molecule has 0 fully saturated rings. The quantitative estimate of drug-likeness (QED) is 0.816. The predicted molar refractivity (Wildman–Crippen MR) is 97.1 cm³/mol. The fraction of sp³-hybridized carbons (Fsp3) is 0.333. The highest BCUT2D eigenvalue weighted by Crippen LogP contribution is 2.29. The number of benzene rings is 2. The van der Waals surface area contributed by atoms with E-state index in [9.17, 15) is 8.42 Å². The summed E-state index contributed by atoms with van der Waals surface area (Å²) >= 11 is 0. The zero-order chi connectivity index (χ0) is 17.9. The van der Waals surface area contributed by atoms with E-state index in [4.69, 9.17) is 9.47 Å². The Morgan fingerprint density at radius 2 is 1.84 bits per heavy atom. The van der Waals surface area contributed by atoms with Gasteiger partial charge in [0.1, 0.15) is 0 Å². The molecule has 1 aliphatic heterocycles. The van der Waals surface area contributed by atoms with Crippen molar-refractivity contribution in [3.05, 3.63) is 48.0 Å². The van der Waals surface area contributed by atoms with Crippen molar-refractivity contribution in [2.24, 2.45) is 0 Å². The maximum absolute atomic E-state index is 12.5. The molecule has 7 heteroatoms. The minimum absolute atomic E-state index is 0.159. The molecule has 0 amide bonds. The predicted octanol–water partition coefficient (Wildman–Crippen LogP) is 2.04. The molecule has 6 nitrogen and oxygen atoms in total. The van der Waals surface area contributed by atoms with Crippen LogP contribution in [0.1, 0.15) is 5.56 Å². The monoisotopic (exact) mass is 362 g/mol. The first kappa shape index (κ1) is 17.6. The average Bonchev–Trinajstić information content (AvgIpc) is 3.04. The Morgan fingerprint density at radius 3 is 2.60 bits per heavy atom. The first-order chi connectivity index (χ1) is 12.0. The van der Waals surface area contributed by atoms with Crippen molar-refractivity contribution in [3.63, 3.8) is 0 Å². The zero-order valence-electron chi connectivity index (χ0n) is 14.4. The number of ether oxygens (including phenoxy) is 2. The normalized spacial score (nSPS) is 13.6. The molecule has 1 heterocycles. The third-order valence-electron chi connectivity index (χ3n) is 4.32. The van der Waals surface area contributed by atoms with Crippen LogP contribution in [0, 0.1) is 0 Å². The number of rotatable bonds is 7. The second-order valence-corrected chi connectivity index (χ2v) is 7.55. The van der Waals surface area contributed by atoms with Gasteiger partial charge in [0.15, 0.2) is 11.5 Å². The number of fused-ring (bicyclic) bond motifs is 1. The van der Waals surface area contributed by atoms with Crippen LogP contribution in [0.25, 0.3) is 0 Å². The van der Waals surface area contributed by atoms with Crippen LogP contribution in [0.5, 0.6) is 11.5 Å². The van der Waals surface area contributed by atoms with Crippen molar-refractivity contribution in [2.45, 2.75) is 11.3 Å². The van der Waals surface area contributed by atoms with E-state index in [2.05, 4.69) is 21.8 Å². The van der Waals surface area contributed by atoms with Crippen molar-refractivity contribution < 1.29 is 17.9 Å². The molecule has 25 heavy (non-hydrogen) atoms. The Bertz CT molecular complexity index is 852. The topological polar surface area (TPSA) is 67.9 Å². The molecular formula is C18H22N2O4S. The Morgan fingerprint density at radius 1 is 1.08 bits per heavy atom. The molecule has 134 valence electrons. The van der Waals surface area contributed by atoms with E-state index in [1.807, 2.05) is 12.1 Å². The van der Waals surface area contributed by atoms with Crippen LogP contribution in [0.15, 0.2) is 47.4 Å². The van der Waals surface area contributed by atoms with Crippen LogP contribution in [0.2, 0.25) is 0 Å². The largest absolute Gasteiger partial charge is 0.493 e. The molecule has 1 aliphatic rings. The van der Waals surface area contributed by atoms with Gasteiger partial charge in [-0.3, -0.25) is 0 Å². The molecule has 0 aromatic heterocycles. The molecule has 2 aromatic carbocycles. The molecular weight excluding hydrogens is 340 g/mol. The van der Waals surface area contributed by atoms with E-state index in [1.54, 1.807) is 6.07 Å². The summed E-state index contributed by atoms with van der Waals surface area (Å²) in [5.74, 6) is 0.883. The van der Waals surface area contributed by atoms with Gasteiger partial charge in [0.05, 0.1) is 19.1 Å². The van der Waals surface area contributed by atoms with Gasteiger partial charge in [-0.1, -0.05) is 18.2 Å². The SMILES string of the molecule is COc1ccc(S(=O)(=O)NCCN2CCc3ccccc32)cc1OC. The maximum atomic E-state index is 12.5. The molecule has 0 saturated heterocycles. The molecule has 0 bridgehead atoms. The standard InChI is InChI=1S/C18H22N2O4S/c1-23-17-8-7-15(13-18(17)24-2)25(21,22)19-10-12-20-11-9-14-5-3-4-6-16(14)20/h3-8,13,19H,9-12H2,1-2H3. The van der Waals surface area contributed by atoms with E-state index in [1.165, 1.54) is 37.6 Å². The molecule has 0 radical (unpaired) electrons. The highest BCUT2D eigenvalue weighted by atomic mass is 32.2. The number of nitrogens with zero attached hydrogens (tertiary/aromatic N) is 1. The van der Waals surface area contributed by atoms with E-state index < -0.39 is 10.0 Å². The van der Waals surface area contributed by atoms with Gasteiger partial charge < -0.3 is 14.4 Å². The van der Waals surface area contributed by atoms with Crippen LogP contribution in [-0.2, 0) is 16.4 Å². The number of hydrogen-bond acceptors (Lipinski definition) is 5. The van der Waals surface area contributed by atoms with Crippen LogP contribution in [0.4, 0.5) is 5.69 Å². The lowest BCUT2D eigenvalue weighted by Gasteiger charge is -2.19. The molecule has 1 N–H and O–H groups in total. The van der Waals surface area contributed by atoms with Gasteiger partial charge in [0.25, 0.3) is 0 Å². The summed E-state index contributed by atoms with van der Waals surface area (Å²) in [6, 6.07) is 12.8. The van der Waals surface area contributed by atoms with Crippen LogP contribution >= 0.6 is 0 Å². The summed E-state index contributed by atoms with van der Waals surface area (Å²) in [6.07, 6.45) is 0.999. The van der Waals surface area contributed by atoms with Crippen molar-refractivity contribution in [1.82, 2.24) is 4.72 Å². The fourth-order valence-corrected chi connectivity index (χ4v) is 4.06. The Balaban J connectivity index is 1.65. The highest BCUT2D eigenvalue weighted by Gasteiger charge is 2.20. The minimum Gasteiger partial charge on any atom is -0.493 e. The fourth-order valence-electron chi connectivity index (χ4n) is 3.02. The number of para-hydroxylation sites is 1. The summed E-state index contributed by atoms with van der Waals surface area (Å²) in [4.78, 5) is 2.36. The van der Waals surface area contributed by atoms with Gasteiger partial charge in [-0.2, -0.15) is 0 Å². The number of nitrogens with one attached hydrogen (secondary N) is 1. The molecule has 0 atom stereocenters. The van der Waals surface area contributed by atoms with E-state index in [0.29, 0.717) is 24.6 Å². The zero-order valence-corrected chi connectivity index (χ0v) is 15.2. The average molecular weight is 362 g/mol. The van der Waals surface area contributed by atoms with E-state index in [-0.39, 0.29) is 4.90 Å². The van der Waals surface area contributed by atoms with Gasteiger partial charge >= 0.3 is 0 Å². The molecule has 3 rings (SSSR count). The summed E-state index contributed by atoms with van der Waals surface area (Å²) in [5.41, 5.74) is 2.50. The van der Waals surface area contributed by atoms with Gasteiger partial charge in [-0.05, 0) is 30.2 Å². The van der Waals surface area contributed by atoms with Crippen LogP contribution in [0.3, 0.4) is 0 Å². The van der Waals surface area contributed by atoms with Crippen molar-refractivity contribution in [3.8, 4) is 11.5 Å². The lowest BCUT2D eigenvalue weighted by Crippen LogP contribution is -2.34. The van der Waals surface area contributed by atoms with Crippen molar-refractivity contribution in [2.75, 3.05) is 38.8 Å². The Kier molecular flexibility index (Phi) is 5.15. The maximum Gasteiger partial charge on any atom is 0.240 e. The van der Waals surface area contributed by atoms with Crippen molar-refractivity contribution in [1.29, 1.82) is 0 Å². The summed E-state index contributed by atoms with van der Waals surface area (Å²) in [7, 11) is -0.608. The molecule has 2 aromatic rings. The summed E-state index contributed by atoms with van der Waals surface area (Å²) in [6.45, 7) is 1.88. The first-order valence-corrected chi connectivity index (χ1v) is 9.58. The second-order valence-electron chi connectivity index (χ2n) is 5.78. The number of hydrogen-bond donors (Lipinski definition) is 1. The van der Waals surface area contributed by atoms with Crippen molar-refractivity contribution >= 4 is 15.7 Å². The van der Waals surface area contributed by atoms with Gasteiger partial charge in [-0.15, -0.1) is 0 Å². The number of methoxy groups -OCH3 is 2. The third kappa shape index (κ3) is 3.72. The van der Waals surface area contributed by atoms with Crippen LogP contribution in [-0.4, -0.2) is 42.3 Å². The minimum atomic E-state index is -3.60. The van der Waals surface area contributed by atoms with Gasteiger partial charge in [0, 0.05) is 31.4 Å². The lowest BCUT2D eigenvalue weighted by atomic mass is 10.2. The molecule has 0 spiro atoms. The molecule has 0 saturated carbocycles. The number of sulfonamides is 1. The third-order valence-corrected chi connectivity index (χ3v) is 5.78. The van der Waals surface area contributed by atoms with Gasteiger partial charge in [-0.25, -0.2) is 13.1 Å². The van der Waals surface area contributed by atoms with Gasteiger partial charge in [0.2, 0.25) is 10.0 Å². The smallest absolute Gasteiger partial charge is 0.240 e. The van der Waals surface area contributed by atoms with E-state index in [0.717, 1.165) is 13.0 Å². The molecule has 0 unspecified atom stereocenters. The Hall–Kier alpha value is -2.25. The molecule has 0 aliphatic carbocycles. The highest BCUT2D eigenvalue weighted by molar-refractivity contribution is 7.89. The lowest BCUT2D eigenvalue weighted by molar-refractivity contribution is 0.354. The number of anilines is 1. The van der Waals surface area contributed by atoms with E-state index >= 15 is 0 Å². The first-order valence-electron chi connectivity index (χ1n) is 8.09. The summed E-state index contributed by atoms with van der Waals surface area (Å²) in [5, 5.41) is 0. The van der Waals surface area contributed by atoms with Crippen LogP contribution < -0.4 is 19.1 Å².